The number of esters is 1. The fourth-order valence-electron chi connectivity index (χ4n) is 2.58. The third-order valence-corrected chi connectivity index (χ3v) is 4.29. The van der Waals surface area contributed by atoms with Crippen LogP contribution >= 0.6 is 11.6 Å². The lowest BCUT2D eigenvalue weighted by atomic mass is 10.1. The zero-order valence-electron chi connectivity index (χ0n) is 15.3. The SMILES string of the molecule is COC(=O)c1ccccc1Nc1ccc(C(=O)Nc2ccc(Cl)cc2C)cn1. The molecule has 0 saturated carbocycles. The van der Waals surface area contributed by atoms with E-state index in [-0.39, 0.29) is 5.91 Å². The molecule has 28 heavy (non-hydrogen) atoms. The Morgan fingerprint density at radius 3 is 2.50 bits per heavy atom. The van der Waals surface area contributed by atoms with Crippen molar-refractivity contribution in [3.63, 3.8) is 0 Å². The predicted octanol–water partition coefficient (Wildman–Crippen LogP) is 4.83. The van der Waals surface area contributed by atoms with Gasteiger partial charge in [-0.1, -0.05) is 23.7 Å². The van der Waals surface area contributed by atoms with Crippen LogP contribution in [0.25, 0.3) is 0 Å². The molecular weight excluding hydrogens is 378 g/mol. The van der Waals surface area contributed by atoms with Crippen molar-refractivity contribution in [3.05, 3.63) is 82.5 Å². The Morgan fingerprint density at radius 2 is 1.82 bits per heavy atom. The number of nitrogens with one attached hydrogen (secondary N) is 2. The molecule has 0 radical (unpaired) electrons. The van der Waals surface area contributed by atoms with Crippen molar-refractivity contribution < 1.29 is 14.3 Å². The number of benzene rings is 2. The van der Waals surface area contributed by atoms with Gasteiger partial charge in [-0.05, 0) is 55.0 Å². The molecule has 0 spiro atoms. The first-order valence-corrected chi connectivity index (χ1v) is 8.83. The van der Waals surface area contributed by atoms with Gasteiger partial charge in [-0.25, -0.2) is 9.78 Å². The minimum Gasteiger partial charge on any atom is -0.465 e. The average Bonchev–Trinajstić information content (AvgIpc) is 2.70. The summed E-state index contributed by atoms with van der Waals surface area (Å²) in [5.41, 5.74) is 2.92. The van der Waals surface area contributed by atoms with Crippen LogP contribution in [0, 0.1) is 6.92 Å². The zero-order valence-corrected chi connectivity index (χ0v) is 16.1. The van der Waals surface area contributed by atoms with Crippen molar-refractivity contribution in [1.82, 2.24) is 4.98 Å². The number of hydrogen-bond acceptors (Lipinski definition) is 5. The van der Waals surface area contributed by atoms with Crippen molar-refractivity contribution >= 4 is 40.7 Å². The minimum atomic E-state index is -0.447. The van der Waals surface area contributed by atoms with Crippen molar-refractivity contribution in [2.75, 3.05) is 17.7 Å². The largest absolute Gasteiger partial charge is 0.465 e. The molecule has 6 nitrogen and oxygen atoms in total. The molecule has 0 atom stereocenters. The maximum Gasteiger partial charge on any atom is 0.339 e. The molecular formula is C21H18ClN3O3. The van der Waals surface area contributed by atoms with Gasteiger partial charge in [0.1, 0.15) is 5.82 Å². The molecule has 0 aliphatic heterocycles. The van der Waals surface area contributed by atoms with E-state index in [1.54, 1.807) is 54.6 Å². The predicted molar refractivity (Wildman–Crippen MR) is 109 cm³/mol. The van der Waals surface area contributed by atoms with E-state index in [9.17, 15) is 9.59 Å². The van der Waals surface area contributed by atoms with E-state index in [4.69, 9.17) is 16.3 Å². The molecule has 1 amide bonds. The van der Waals surface area contributed by atoms with Gasteiger partial charge in [-0.3, -0.25) is 4.79 Å². The number of nitrogens with zero attached hydrogens (tertiary/aromatic N) is 1. The normalized spacial score (nSPS) is 10.2. The Hall–Kier alpha value is -3.38. The van der Waals surface area contributed by atoms with Crippen molar-refractivity contribution in [1.29, 1.82) is 0 Å². The van der Waals surface area contributed by atoms with Gasteiger partial charge in [0.2, 0.25) is 0 Å². The van der Waals surface area contributed by atoms with Gasteiger partial charge in [0.25, 0.3) is 5.91 Å². The molecule has 1 heterocycles. The fraction of sp³-hybridized carbons (Fsp3) is 0.0952. The van der Waals surface area contributed by atoms with Crippen LogP contribution in [0.4, 0.5) is 17.2 Å². The first kappa shape index (κ1) is 19.4. The third kappa shape index (κ3) is 4.47. The Kier molecular flexibility index (Phi) is 5.91. The van der Waals surface area contributed by atoms with E-state index in [2.05, 4.69) is 15.6 Å². The Balaban J connectivity index is 1.73. The van der Waals surface area contributed by atoms with E-state index in [0.29, 0.717) is 33.3 Å². The van der Waals surface area contributed by atoms with Crippen LogP contribution in [0.15, 0.2) is 60.8 Å². The number of para-hydroxylation sites is 1. The number of anilines is 3. The molecule has 0 saturated heterocycles. The second kappa shape index (κ2) is 8.54. The van der Waals surface area contributed by atoms with Gasteiger partial charge in [0.15, 0.2) is 0 Å². The van der Waals surface area contributed by atoms with Gasteiger partial charge in [0.05, 0.1) is 23.9 Å². The lowest BCUT2D eigenvalue weighted by Crippen LogP contribution is -2.13. The first-order chi connectivity index (χ1) is 13.5. The molecule has 0 unspecified atom stereocenters. The number of methoxy groups -OCH3 is 1. The molecule has 0 aliphatic rings. The molecule has 0 aliphatic carbocycles. The maximum absolute atomic E-state index is 12.4. The smallest absolute Gasteiger partial charge is 0.339 e. The van der Waals surface area contributed by atoms with Crippen LogP contribution in [-0.4, -0.2) is 24.0 Å². The standard InChI is InChI=1S/C21H18ClN3O3/c1-13-11-15(22)8-9-17(13)25-20(26)14-7-10-19(23-12-14)24-18-6-4-3-5-16(18)21(27)28-2/h3-12H,1-2H3,(H,23,24)(H,25,26). The summed E-state index contributed by atoms with van der Waals surface area (Å²) in [5, 5.41) is 6.51. The quantitative estimate of drug-likeness (QED) is 0.605. The summed E-state index contributed by atoms with van der Waals surface area (Å²) >= 11 is 5.94. The number of ether oxygens (including phenoxy) is 1. The van der Waals surface area contributed by atoms with Gasteiger partial charge in [-0.2, -0.15) is 0 Å². The van der Waals surface area contributed by atoms with Gasteiger partial charge >= 0.3 is 5.97 Å². The molecule has 2 aromatic carbocycles. The number of carbonyl (C=O) groups is 2. The van der Waals surface area contributed by atoms with E-state index < -0.39 is 5.97 Å². The number of aryl methyl sites for hydroxylation is 1. The van der Waals surface area contributed by atoms with Gasteiger partial charge < -0.3 is 15.4 Å². The van der Waals surface area contributed by atoms with Crippen LogP contribution in [-0.2, 0) is 4.74 Å². The average molecular weight is 396 g/mol. The highest BCUT2D eigenvalue weighted by Crippen LogP contribution is 2.22. The van der Waals surface area contributed by atoms with E-state index in [0.717, 1.165) is 5.56 Å². The molecule has 0 bridgehead atoms. The van der Waals surface area contributed by atoms with Crippen LogP contribution in [0.3, 0.4) is 0 Å². The minimum absolute atomic E-state index is 0.278. The molecule has 142 valence electrons. The Morgan fingerprint density at radius 1 is 1.04 bits per heavy atom. The summed E-state index contributed by atoms with van der Waals surface area (Å²) in [5.74, 6) is -0.229. The highest BCUT2D eigenvalue weighted by molar-refractivity contribution is 6.30. The van der Waals surface area contributed by atoms with Gasteiger partial charge in [0, 0.05) is 16.9 Å². The lowest BCUT2D eigenvalue weighted by molar-refractivity contribution is 0.0601. The molecule has 2 N–H and O–H groups in total. The summed E-state index contributed by atoms with van der Waals surface area (Å²) < 4.78 is 4.78. The fourth-order valence-corrected chi connectivity index (χ4v) is 2.81. The Bertz CT molecular complexity index is 1020. The van der Waals surface area contributed by atoms with Crippen LogP contribution in [0.1, 0.15) is 26.3 Å². The number of amides is 1. The molecule has 7 heteroatoms. The number of hydrogen-bond donors (Lipinski definition) is 2. The Labute approximate surface area is 167 Å². The lowest BCUT2D eigenvalue weighted by Gasteiger charge is -2.11. The van der Waals surface area contributed by atoms with Crippen LogP contribution < -0.4 is 10.6 Å². The summed E-state index contributed by atoms with van der Waals surface area (Å²) in [6.45, 7) is 1.87. The van der Waals surface area contributed by atoms with Gasteiger partial charge in [-0.15, -0.1) is 0 Å². The highest BCUT2D eigenvalue weighted by atomic mass is 35.5. The third-order valence-electron chi connectivity index (χ3n) is 4.06. The molecule has 1 aromatic heterocycles. The molecule has 3 rings (SSSR count). The van der Waals surface area contributed by atoms with E-state index >= 15 is 0 Å². The highest BCUT2D eigenvalue weighted by Gasteiger charge is 2.12. The van der Waals surface area contributed by atoms with Crippen molar-refractivity contribution in [2.24, 2.45) is 0 Å². The monoisotopic (exact) mass is 395 g/mol. The number of halogens is 1. The molecule has 3 aromatic rings. The van der Waals surface area contributed by atoms with Crippen molar-refractivity contribution in [2.45, 2.75) is 6.92 Å². The summed E-state index contributed by atoms with van der Waals surface area (Å²) in [4.78, 5) is 28.5. The summed E-state index contributed by atoms with van der Waals surface area (Å²) in [6, 6.07) is 15.5. The summed E-state index contributed by atoms with van der Waals surface area (Å²) in [7, 11) is 1.33. The first-order valence-electron chi connectivity index (χ1n) is 8.46. The second-order valence-corrected chi connectivity index (χ2v) is 6.44. The zero-order chi connectivity index (χ0) is 20.1. The van der Waals surface area contributed by atoms with Crippen molar-refractivity contribution in [3.8, 4) is 0 Å². The van der Waals surface area contributed by atoms with Crippen LogP contribution in [0.2, 0.25) is 5.02 Å². The number of rotatable bonds is 5. The van der Waals surface area contributed by atoms with Crippen LogP contribution in [0.5, 0.6) is 0 Å². The topological polar surface area (TPSA) is 80.3 Å². The number of pyridine rings is 1. The van der Waals surface area contributed by atoms with E-state index in [1.165, 1.54) is 13.3 Å². The second-order valence-electron chi connectivity index (χ2n) is 6.01. The summed E-state index contributed by atoms with van der Waals surface area (Å²) in [6.07, 6.45) is 1.46. The van der Waals surface area contributed by atoms with E-state index in [1.807, 2.05) is 6.92 Å². The number of aromatic nitrogens is 1. The molecule has 0 fully saturated rings. The number of carbonyl (C=O) groups excluding carboxylic acids is 2. The maximum atomic E-state index is 12.4.